The molecule has 0 unspecified atom stereocenters. The van der Waals surface area contributed by atoms with Gasteiger partial charge in [-0.1, -0.05) is 6.07 Å². The predicted octanol–water partition coefficient (Wildman–Crippen LogP) is 3.33. The Balaban J connectivity index is 1.96. The molecule has 0 radical (unpaired) electrons. The third kappa shape index (κ3) is 3.10. The molecule has 2 heterocycles. The minimum atomic E-state index is -0.00906. The first kappa shape index (κ1) is 13.1. The molecular weight excluding hydrogens is 242 g/mol. The molecule has 94 valence electrons. The summed E-state index contributed by atoms with van der Waals surface area (Å²) in [5, 5.41) is 19.9. The summed E-state index contributed by atoms with van der Waals surface area (Å²) < 4.78 is 0. The van der Waals surface area contributed by atoms with Crippen LogP contribution >= 0.6 is 11.3 Å². The maximum atomic E-state index is 9.15. The summed E-state index contributed by atoms with van der Waals surface area (Å²) in [6, 6.07) is 9.23. The zero-order valence-electron chi connectivity index (χ0n) is 10.4. The van der Waals surface area contributed by atoms with E-state index in [1.807, 2.05) is 0 Å². The van der Waals surface area contributed by atoms with Gasteiger partial charge in [0.05, 0.1) is 18.1 Å². The molecule has 0 spiro atoms. The Morgan fingerprint density at radius 3 is 3.06 bits per heavy atom. The summed E-state index contributed by atoms with van der Waals surface area (Å²) in [4.78, 5) is 3.82. The van der Waals surface area contributed by atoms with E-state index < -0.39 is 0 Å². The van der Waals surface area contributed by atoms with Crippen LogP contribution < -0.4 is 0 Å². The Labute approximate surface area is 112 Å². The summed E-state index contributed by atoms with van der Waals surface area (Å²) in [7, 11) is 0. The average Bonchev–Trinajstić information content (AvgIpc) is 3.04. The average molecular weight is 259 g/mol. The lowest BCUT2D eigenvalue weighted by Crippen LogP contribution is -2.28. The minimum Gasteiger partial charge on any atom is -0.294 e. The van der Waals surface area contributed by atoms with Crippen LogP contribution in [0.1, 0.15) is 36.6 Å². The van der Waals surface area contributed by atoms with Crippen molar-refractivity contribution in [1.82, 2.24) is 4.90 Å². The van der Waals surface area contributed by atoms with Crippen LogP contribution in [-0.4, -0.2) is 18.0 Å². The fraction of sp³-hybridized carbons (Fsp3) is 0.571. The van der Waals surface area contributed by atoms with Gasteiger partial charge < -0.3 is 0 Å². The van der Waals surface area contributed by atoms with Gasteiger partial charge in [-0.25, -0.2) is 0 Å². The van der Waals surface area contributed by atoms with Crippen LogP contribution in [0.4, 0.5) is 0 Å². The molecule has 3 nitrogen and oxygen atoms in total. The van der Waals surface area contributed by atoms with E-state index in [4.69, 9.17) is 10.5 Å². The third-order valence-electron chi connectivity index (χ3n) is 3.48. The van der Waals surface area contributed by atoms with Gasteiger partial charge in [0.25, 0.3) is 0 Å². The molecule has 1 saturated heterocycles. The highest BCUT2D eigenvalue weighted by Gasteiger charge is 2.28. The van der Waals surface area contributed by atoms with E-state index in [1.54, 1.807) is 11.3 Å². The highest BCUT2D eigenvalue weighted by Crippen LogP contribution is 2.35. The van der Waals surface area contributed by atoms with Gasteiger partial charge in [0, 0.05) is 23.9 Å². The van der Waals surface area contributed by atoms with E-state index in [1.165, 1.54) is 17.7 Å². The molecule has 18 heavy (non-hydrogen) atoms. The fourth-order valence-electron chi connectivity index (χ4n) is 2.57. The van der Waals surface area contributed by atoms with Crippen molar-refractivity contribution >= 4 is 11.3 Å². The standard InChI is InChI=1S/C14H17N3S/c15-7-1-4-12(10-16)11-17-8-2-5-13(17)14-6-3-9-18-14/h3,6,9,12-13H,1-2,4-5,8,11H2/t12-,13-/m1/s1. The summed E-state index contributed by atoms with van der Waals surface area (Å²) in [5.74, 6) is -0.00906. The van der Waals surface area contributed by atoms with Gasteiger partial charge in [-0.15, -0.1) is 11.3 Å². The van der Waals surface area contributed by atoms with Crippen LogP contribution in [0.3, 0.4) is 0 Å². The molecule has 0 aromatic carbocycles. The summed E-state index contributed by atoms with van der Waals surface area (Å²) in [6.45, 7) is 1.88. The van der Waals surface area contributed by atoms with Crippen LogP contribution in [0, 0.1) is 28.6 Å². The second kappa shape index (κ2) is 6.54. The molecular formula is C14H17N3S. The number of hydrogen-bond acceptors (Lipinski definition) is 4. The van der Waals surface area contributed by atoms with Crippen LogP contribution in [-0.2, 0) is 0 Å². The summed E-state index contributed by atoms with van der Waals surface area (Å²) in [6.07, 6.45) is 3.58. The molecule has 4 heteroatoms. The molecule has 1 aromatic rings. The molecule has 1 aromatic heterocycles. The lowest BCUT2D eigenvalue weighted by molar-refractivity contribution is 0.233. The van der Waals surface area contributed by atoms with Crippen molar-refractivity contribution in [1.29, 1.82) is 10.5 Å². The molecule has 0 aliphatic carbocycles. The molecule has 0 saturated carbocycles. The first-order valence-electron chi connectivity index (χ1n) is 6.39. The second-order valence-electron chi connectivity index (χ2n) is 4.69. The van der Waals surface area contributed by atoms with Crippen molar-refractivity contribution in [2.75, 3.05) is 13.1 Å². The van der Waals surface area contributed by atoms with Crippen LogP contribution in [0.2, 0.25) is 0 Å². The summed E-state index contributed by atoms with van der Waals surface area (Å²) >= 11 is 1.80. The normalized spacial score (nSPS) is 21.3. The Hall–Kier alpha value is -1.36. The topological polar surface area (TPSA) is 50.8 Å². The first-order valence-corrected chi connectivity index (χ1v) is 7.27. The number of hydrogen-bond donors (Lipinski definition) is 0. The third-order valence-corrected chi connectivity index (χ3v) is 4.45. The Morgan fingerprint density at radius 2 is 2.39 bits per heavy atom. The van der Waals surface area contributed by atoms with E-state index in [2.05, 4.69) is 34.6 Å². The number of nitrogens with zero attached hydrogens (tertiary/aromatic N) is 3. The molecule has 2 rings (SSSR count). The second-order valence-corrected chi connectivity index (χ2v) is 5.67. The predicted molar refractivity (Wildman–Crippen MR) is 71.8 cm³/mol. The smallest absolute Gasteiger partial charge is 0.0669 e. The van der Waals surface area contributed by atoms with Gasteiger partial charge in [-0.2, -0.15) is 10.5 Å². The van der Waals surface area contributed by atoms with Gasteiger partial charge in [0.2, 0.25) is 0 Å². The van der Waals surface area contributed by atoms with E-state index in [0.717, 1.165) is 13.1 Å². The molecule has 1 aliphatic rings. The van der Waals surface area contributed by atoms with E-state index in [-0.39, 0.29) is 5.92 Å². The largest absolute Gasteiger partial charge is 0.294 e. The van der Waals surface area contributed by atoms with Crippen molar-refractivity contribution in [3.05, 3.63) is 22.4 Å². The minimum absolute atomic E-state index is 0.00906. The molecule has 1 aliphatic heterocycles. The monoisotopic (exact) mass is 259 g/mol. The van der Waals surface area contributed by atoms with Crippen LogP contribution in [0.15, 0.2) is 17.5 Å². The van der Waals surface area contributed by atoms with Crippen LogP contribution in [0.5, 0.6) is 0 Å². The first-order chi connectivity index (χ1) is 8.85. The zero-order valence-corrected chi connectivity index (χ0v) is 11.2. The van der Waals surface area contributed by atoms with E-state index in [0.29, 0.717) is 18.9 Å². The number of thiophene rings is 1. The molecule has 0 bridgehead atoms. The van der Waals surface area contributed by atoms with Crippen molar-refractivity contribution in [3.8, 4) is 12.1 Å². The highest BCUT2D eigenvalue weighted by molar-refractivity contribution is 7.10. The van der Waals surface area contributed by atoms with Crippen molar-refractivity contribution in [2.45, 2.75) is 31.7 Å². The molecule has 0 N–H and O–H groups in total. The quantitative estimate of drug-likeness (QED) is 0.815. The lowest BCUT2D eigenvalue weighted by Gasteiger charge is -2.25. The van der Waals surface area contributed by atoms with Crippen molar-refractivity contribution in [3.63, 3.8) is 0 Å². The van der Waals surface area contributed by atoms with E-state index in [9.17, 15) is 0 Å². The van der Waals surface area contributed by atoms with Gasteiger partial charge in [0.1, 0.15) is 0 Å². The maximum absolute atomic E-state index is 9.15. The number of nitriles is 2. The Bertz CT molecular complexity index is 441. The van der Waals surface area contributed by atoms with Gasteiger partial charge in [-0.05, 0) is 37.3 Å². The van der Waals surface area contributed by atoms with Crippen molar-refractivity contribution in [2.24, 2.45) is 5.92 Å². The van der Waals surface area contributed by atoms with E-state index >= 15 is 0 Å². The van der Waals surface area contributed by atoms with Gasteiger partial charge in [0.15, 0.2) is 0 Å². The number of rotatable bonds is 5. The van der Waals surface area contributed by atoms with Crippen molar-refractivity contribution < 1.29 is 0 Å². The van der Waals surface area contributed by atoms with Gasteiger partial charge >= 0.3 is 0 Å². The molecule has 2 atom stereocenters. The number of likely N-dealkylation sites (tertiary alicyclic amines) is 1. The molecule has 0 amide bonds. The highest BCUT2D eigenvalue weighted by atomic mass is 32.1. The zero-order chi connectivity index (χ0) is 12.8. The summed E-state index contributed by atoms with van der Waals surface area (Å²) in [5.41, 5.74) is 0. The maximum Gasteiger partial charge on any atom is 0.0669 e. The van der Waals surface area contributed by atoms with Gasteiger partial charge in [-0.3, -0.25) is 4.90 Å². The van der Waals surface area contributed by atoms with Crippen LogP contribution in [0.25, 0.3) is 0 Å². The Kier molecular flexibility index (Phi) is 4.75. The fourth-order valence-corrected chi connectivity index (χ4v) is 3.46. The Morgan fingerprint density at radius 1 is 1.50 bits per heavy atom. The lowest BCUT2D eigenvalue weighted by atomic mass is 10.0. The molecule has 1 fully saturated rings. The SMILES string of the molecule is N#CCC[C@H](C#N)CN1CCC[C@@H]1c1cccs1.